The Morgan fingerprint density at radius 1 is 1.46 bits per heavy atom. The van der Waals surface area contributed by atoms with E-state index >= 15 is 0 Å². The van der Waals surface area contributed by atoms with E-state index in [0.29, 0.717) is 0 Å². The summed E-state index contributed by atoms with van der Waals surface area (Å²) in [5.41, 5.74) is 5.00. The Morgan fingerprint density at radius 2 is 2.12 bits per heavy atom. The summed E-state index contributed by atoms with van der Waals surface area (Å²) in [5.74, 6) is -1.12. The van der Waals surface area contributed by atoms with E-state index in [4.69, 9.17) is 25.2 Å². The van der Waals surface area contributed by atoms with Gasteiger partial charge in [0.25, 0.3) is 5.91 Å². The molecule has 0 saturated carbocycles. The minimum Gasteiger partial charge on any atom is -0.390 e. The summed E-state index contributed by atoms with van der Waals surface area (Å²) in [5, 5.41) is 13.6. The van der Waals surface area contributed by atoms with Gasteiger partial charge in [-0.2, -0.15) is 4.31 Å². The number of nitrogens with two attached hydrogens (primary N) is 1. The van der Waals surface area contributed by atoms with Crippen LogP contribution in [0, 0.1) is 0 Å². The summed E-state index contributed by atoms with van der Waals surface area (Å²) in [6, 6.07) is 0. The molecule has 1 aliphatic heterocycles. The molecule has 0 radical (unpaired) electrons. The number of aromatic nitrogens is 3. The van der Waals surface area contributed by atoms with Gasteiger partial charge in [-0.3, -0.25) is 9.32 Å². The molecule has 14 nitrogen and oxygen atoms in total. The van der Waals surface area contributed by atoms with E-state index in [1.165, 1.54) is 0 Å². The quantitative estimate of drug-likeness (QED) is 0.329. The minimum absolute atomic E-state index is 0.00926. The zero-order valence-electron chi connectivity index (χ0n) is 11.8. The van der Waals surface area contributed by atoms with Crippen LogP contribution in [0.1, 0.15) is 23.3 Å². The highest BCUT2D eigenvalue weighted by Crippen LogP contribution is 2.57. The Bertz CT molecular complexity index is 703. The number of hydrogen-bond donors (Lipinski definition) is 5. The van der Waals surface area contributed by atoms with Gasteiger partial charge in [-0.1, -0.05) is 0 Å². The van der Waals surface area contributed by atoms with Crippen molar-refractivity contribution in [2.24, 2.45) is 5.73 Å². The molecule has 1 unspecified atom stereocenters. The topological polar surface area (TPSA) is 217 Å². The van der Waals surface area contributed by atoms with Gasteiger partial charge >= 0.3 is 15.6 Å². The van der Waals surface area contributed by atoms with Gasteiger partial charge in [-0.05, 0) is 0 Å². The average molecular weight is 388 g/mol. The molecule has 1 aliphatic rings. The fraction of sp³-hybridized carbons (Fsp3) is 0.625. The highest BCUT2D eigenvalue weighted by atomic mass is 31.3. The molecule has 1 fully saturated rings. The molecule has 16 heteroatoms. The number of rotatable bonds is 7. The van der Waals surface area contributed by atoms with Crippen molar-refractivity contribution in [3.63, 3.8) is 0 Å². The van der Waals surface area contributed by atoms with E-state index < -0.39 is 46.6 Å². The van der Waals surface area contributed by atoms with Gasteiger partial charge in [0, 0.05) is 6.42 Å². The van der Waals surface area contributed by atoms with E-state index in [2.05, 4.69) is 18.9 Å². The zero-order valence-corrected chi connectivity index (χ0v) is 13.6. The lowest BCUT2D eigenvalue weighted by Gasteiger charge is -2.17. The monoisotopic (exact) mass is 388 g/mol. The number of phosphoric ester groups is 1. The van der Waals surface area contributed by atoms with Crippen molar-refractivity contribution in [1.29, 1.82) is 0 Å². The van der Waals surface area contributed by atoms with Crippen LogP contribution in [0.4, 0.5) is 0 Å². The predicted octanol–water partition coefficient (Wildman–Crippen LogP) is -1.75. The van der Waals surface area contributed by atoms with Gasteiger partial charge in [0.05, 0.1) is 12.7 Å². The predicted molar refractivity (Wildman–Crippen MR) is 72.0 cm³/mol. The molecule has 6 N–H and O–H groups in total. The van der Waals surface area contributed by atoms with E-state index in [-0.39, 0.29) is 12.2 Å². The van der Waals surface area contributed by atoms with Gasteiger partial charge < -0.3 is 30.3 Å². The summed E-state index contributed by atoms with van der Waals surface area (Å²) < 4.78 is 36.3. The van der Waals surface area contributed by atoms with E-state index in [1.807, 2.05) is 0 Å². The zero-order chi connectivity index (χ0) is 18.1. The molecule has 2 rings (SSSR count). The normalized spacial score (nSPS) is 27.1. The maximum Gasteiger partial charge on any atom is 0.481 e. The third-order valence-corrected chi connectivity index (χ3v) is 4.99. The molecular weight excluding hydrogens is 374 g/mol. The smallest absolute Gasteiger partial charge is 0.390 e. The van der Waals surface area contributed by atoms with Crippen molar-refractivity contribution in [1.82, 2.24) is 14.8 Å². The number of aliphatic hydroxyl groups excluding tert-OH is 1. The molecule has 1 aromatic rings. The lowest BCUT2D eigenvalue weighted by molar-refractivity contribution is -0.0476. The van der Waals surface area contributed by atoms with Crippen LogP contribution in [0.25, 0.3) is 0 Å². The highest BCUT2D eigenvalue weighted by Gasteiger charge is 2.39. The van der Waals surface area contributed by atoms with Crippen LogP contribution in [0.3, 0.4) is 0 Å². The SMILES string of the molecule is NC(=O)c1ncn([C@H]2C[C@H](O)[C@@H](COP(=O)(O)OP(=O)(O)O)O2)n1. The fourth-order valence-corrected chi connectivity index (χ4v) is 3.48. The third kappa shape index (κ3) is 5.14. The Balaban J connectivity index is 1.95. The number of carbonyl (C=O) groups is 1. The maximum absolute atomic E-state index is 11.3. The first-order valence-electron chi connectivity index (χ1n) is 6.25. The summed E-state index contributed by atoms with van der Waals surface area (Å²) in [4.78, 5) is 40.6. The average Bonchev–Trinajstić information content (AvgIpc) is 3.00. The Kier molecular flexibility index (Phi) is 5.54. The molecule has 0 aliphatic carbocycles. The number of ether oxygens (including phenoxy) is 1. The van der Waals surface area contributed by atoms with Crippen molar-refractivity contribution in [3.05, 3.63) is 12.2 Å². The van der Waals surface area contributed by atoms with Crippen molar-refractivity contribution in [2.45, 2.75) is 24.9 Å². The Labute approximate surface area is 134 Å². The van der Waals surface area contributed by atoms with Gasteiger partial charge in [0.2, 0.25) is 5.82 Å². The number of nitrogens with zero attached hydrogens (tertiary/aromatic N) is 3. The Hall–Kier alpha value is -1.21. The minimum atomic E-state index is -5.24. The standard InChI is InChI=1S/C8H14N4O10P2/c9-7(14)8-10-3-12(11-8)6-1-4(13)5(21-6)2-20-24(18,19)22-23(15,16)17/h3-6,13H,1-2H2,(H2,9,14)(H,18,19)(H2,15,16,17)/t4-,5+,6+/m0/s1. The second-order valence-electron chi connectivity index (χ2n) is 4.68. The maximum atomic E-state index is 11.3. The van der Waals surface area contributed by atoms with E-state index in [0.717, 1.165) is 11.0 Å². The highest BCUT2D eigenvalue weighted by molar-refractivity contribution is 7.60. The van der Waals surface area contributed by atoms with Crippen LogP contribution in [0.15, 0.2) is 6.33 Å². The van der Waals surface area contributed by atoms with Crippen molar-refractivity contribution >= 4 is 21.6 Å². The molecule has 1 aromatic heterocycles. The van der Waals surface area contributed by atoms with Crippen molar-refractivity contribution in [3.8, 4) is 0 Å². The molecule has 0 aromatic carbocycles. The summed E-state index contributed by atoms with van der Waals surface area (Å²) in [6.07, 6.45) is -1.97. The van der Waals surface area contributed by atoms with Crippen LogP contribution >= 0.6 is 15.6 Å². The number of phosphoric acid groups is 2. The van der Waals surface area contributed by atoms with Crippen LogP contribution in [-0.2, 0) is 22.7 Å². The molecule has 1 saturated heterocycles. The Morgan fingerprint density at radius 3 is 2.67 bits per heavy atom. The molecule has 0 bridgehead atoms. The van der Waals surface area contributed by atoms with Crippen molar-refractivity contribution < 1.29 is 47.3 Å². The molecule has 4 atom stereocenters. The van der Waals surface area contributed by atoms with Crippen LogP contribution in [0.2, 0.25) is 0 Å². The largest absolute Gasteiger partial charge is 0.481 e. The van der Waals surface area contributed by atoms with Crippen LogP contribution in [0.5, 0.6) is 0 Å². The molecule has 0 spiro atoms. The number of primary amides is 1. The molecular formula is C8H14N4O10P2. The summed E-state index contributed by atoms with van der Waals surface area (Å²) in [6.45, 7) is -0.692. The van der Waals surface area contributed by atoms with Gasteiger partial charge in [0.1, 0.15) is 12.4 Å². The van der Waals surface area contributed by atoms with E-state index in [9.17, 15) is 19.0 Å². The van der Waals surface area contributed by atoms with Gasteiger partial charge in [-0.15, -0.1) is 5.10 Å². The van der Waals surface area contributed by atoms with Gasteiger partial charge in [-0.25, -0.2) is 18.8 Å². The lowest BCUT2D eigenvalue weighted by atomic mass is 10.2. The van der Waals surface area contributed by atoms with Crippen LogP contribution in [-0.4, -0.2) is 59.3 Å². The number of hydrogen-bond acceptors (Lipinski definition) is 9. The first-order valence-corrected chi connectivity index (χ1v) is 9.28. The number of aliphatic hydroxyl groups is 1. The third-order valence-electron chi connectivity index (χ3n) is 2.84. The second kappa shape index (κ2) is 6.96. The molecule has 1 amide bonds. The molecule has 2 heterocycles. The first-order chi connectivity index (χ1) is 11.0. The summed E-state index contributed by atoms with van der Waals surface area (Å²) in [7, 11) is -10.3. The summed E-state index contributed by atoms with van der Waals surface area (Å²) >= 11 is 0. The molecule has 24 heavy (non-hydrogen) atoms. The van der Waals surface area contributed by atoms with Crippen LogP contribution < -0.4 is 5.73 Å². The fourth-order valence-electron chi connectivity index (χ4n) is 1.88. The molecule has 136 valence electrons. The lowest BCUT2D eigenvalue weighted by Crippen LogP contribution is -2.26. The first kappa shape index (κ1) is 19.1. The van der Waals surface area contributed by atoms with Gasteiger partial charge in [0.15, 0.2) is 6.23 Å². The number of carbonyl (C=O) groups excluding carboxylic acids is 1. The second-order valence-corrected chi connectivity index (χ2v) is 7.51. The van der Waals surface area contributed by atoms with Crippen molar-refractivity contribution in [2.75, 3.05) is 6.61 Å². The van der Waals surface area contributed by atoms with E-state index in [1.54, 1.807) is 0 Å². The number of amides is 1.